The van der Waals surface area contributed by atoms with Gasteiger partial charge >= 0.3 is 0 Å². The van der Waals surface area contributed by atoms with E-state index in [-0.39, 0.29) is 23.0 Å². The second-order valence-corrected chi connectivity index (χ2v) is 6.06. The lowest BCUT2D eigenvalue weighted by molar-refractivity contribution is -0.385. The lowest BCUT2D eigenvalue weighted by atomic mass is 9.87. The molecule has 1 unspecified atom stereocenters. The molecule has 0 bridgehead atoms. The Morgan fingerprint density at radius 3 is 2.62 bits per heavy atom. The van der Waals surface area contributed by atoms with Crippen molar-refractivity contribution in [2.75, 3.05) is 0 Å². The Labute approximate surface area is 122 Å². The molecule has 2 N–H and O–H groups in total. The smallest absolute Gasteiger partial charge is 0.273 e. The van der Waals surface area contributed by atoms with Gasteiger partial charge in [-0.25, -0.2) is 0 Å². The van der Waals surface area contributed by atoms with Gasteiger partial charge in [0.2, 0.25) is 0 Å². The van der Waals surface area contributed by atoms with E-state index in [0.29, 0.717) is 17.0 Å². The van der Waals surface area contributed by atoms with Crippen LogP contribution in [0.4, 0.5) is 5.69 Å². The van der Waals surface area contributed by atoms with E-state index < -0.39 is 4.92 Å². The summed E-state index contributed by atoms with van der Waals surface area (Å²) in [4.78, 5) is 14.8. The van der Waals surface area contributed by atoms with Crippen molar-refractivity contribution in [3.05, 3.63) is 39.7 Å². The molecule has 0 aliphatic heterocycles. The van der Waals surface area contributed by atoms with Gasteiger partial charge in [-0.3, -0.25) is 10.1 Å². The number of aryl methyl sites for hydroxylation is 1. The summed E-state index contributed by atoms with van der Waals surface area (Å²) >= 11 is 0. The van der Waals surface area contributed by atoms with Crippen LogP contribution in [0, 0.1) is 22.5 Å². The van der Waals surface area contributed by atoms with E-state index in [2.05, 4.69) is 10.1 Å². The van der Waals surface area contributed by atoms with Crippen LogP contribution >= 0.6 is 0 Å². The number of rotatable bonds is 3. The number of aromatic nitrogens is 2. The Balaban J connectivity index is 2.38. The number of nitro benzene ring substituents is 1. The predicted octanol–water partition coefficient (Wildman–Crippen LogP) is 3.00. The van der Waals surface area contributed by atoms with Crippen LogP contribution in [0.25, 0.3) is 11.5 Å². The third kappa shape index (κ3) is 3.08. The molecule has 1 aromatic carbocycles. The number of hydrogen-bond donors (Lipinski definition) is 1. The van der Waals surface area contributed by atoms with E-state index in [1.54, 1.807) is 19.1 Å². The highest BCUT2D eigenvalue weighted by Crippen LogP contribution is 2.31. The number of nitrogens with two attached hydrogens (primary N) is 1. The molecule has 1 heterocycles. The average molecular weight is 290 g/mol. The molecular formula is C14H18N4O3. The van der Waals surface area contributed by atoms with Crippen LogP contribution in [0.3, 0.4) is 0 Å². The van der Waals surface area contributed by atoms with Crippen LogP contribution in [-0.4, -0.2) is 15.1 Å². The number of hydrogen-bond acceptors (Lipinski definition) is 6. The molecule has 0 spiro atoms. The van der Waals surface area contributed by atoms with Gasteiger partial charge in [-0.05, 0) is 18.4 Å². The van der Waals surface area contributed by atoms with Crippen LogP contribution in [0.2, 0.25) is 0 Å². The zero-order chi connectivity index (χ0) is 15.8. The standard InChI is InChI=1S/C14H18N4O3/c1-8-5-6-9(7-10(8)18(19)20)13-16-12(17-21-13)11(15)14(2,3)4/h5-7,11H,15H2,1-4H3. The van der Waals surface area contributed by atoms with Gasteiger partial charge in [0.15, 0.2) is 5.82 Å². The minimum atomic E-state index is -0.434. The lowest BCUT2D eigenvalue weighted by Crippen LogP contribution is -2.27. The first-order valence-electron chi connectivity index (χ1n) is 6.54. The molecule has 0 saturated carbocycles. The first kappa shape index (κ1) is 15.1. The van der Waals surface area contributed by atoms with E-state index in [0.717, 1.165) is 0 Å². The molecule has 0 saturated heterocycles. The molecule has 112 valence electrons. The van der Waals surface area contributed by atoms with Crippen LogP contribution in [-0.2, 0) is 0 Å². The van der Waals surface area contributed by atoms with Crippen molar-refractivity contribution in [3.63, 3.8) is 0 Å². The summed E-state index contributed by atoms with van der Waals surface area (Å²) in [6, 6.07) is 4.41. The summed E-state index contributed by atoms with van der Waals surface area (Å²) in [6.45, 7) is 7.61. The second kappa shape index (κ2) is 5.25. The fraction of sp³-hybridized carbons (Fsp3) is 0.429. The maximum Gasteiger partial charge on any atom is 0.273 e. The summed E-state index contributed by atoms with van der Waals surface area (Å²) < 4.78 is 5.18. The molecule has 1 atom stereocenters. The van der Waals surface area contributed by atoms with Gasteiger partial charge in [-0.1, -0.05) is 32.0 Å². The van der Waals surface area contributed by atoms with Gasteiger partial charge in [0.05, 0.1) is 11.0 Å². The fourth-order valence-corrected chi connectivity index (χ4v) is 1.80. The third-order valence-corrected chi connectivity index (χ3v) is 3.31. The molecule has 7 heteroatoms. The first-order valence-corrected chi connectivity index (χ1v) is 6.54. The van der Waals surface area contributed by atoms with E-state index >= 15 is 0 Å². The van der Waals surface area contributed by atoms with Crippen LogP contribution in [0.1, 0.15) is 38.2 Å². The van der Waals surface area contributed by atoms with Gasteiger partial charge in [-0.15, -0.1) is 0 Å². The fourth-order valence-electron chi connectivity index (χ4n) is 1.80. The van der Waals surface area contributed by atoms with E-state index in [1.807, 2.05) is 20.8 Å². The molecule has 2 rings (SSSR count). The zero-order valence-corrected chi connectivity index (χ0v) is 12.5. The van der Waals surface area contributed by atoms with Crippen molar-refractivity contribution in [2.24, 2.45) is 11.1 Å². The molecule has 21 heavy (non-hydrogen) atoms. The first-order chi connectivity index (χ1) is 9.70. The van der Waals surface area contributed by atoms with E-state index in [1.165, 1.54) is 6.07 Å². The molecular weight excluding hydrogens is 272 g/mol. The molecule has 1 aromatic heterocycles. The third-order valence-electron chi connectivity index (χ3n) is 3.31. The Bertz CT molecular complexity index is 673. The van der Waals surface area contributed by atoms with E-state index in [4.69, 9.17) is 10.3 Å². The topological polar surface area (TPSA) is 108 Å². The van der Waals surface area contributed by atoms with Crippen molar-refractivity contribution in [1.82, 2.24) is 10.1 Å². The van der Waals surface area contributed by atoms with Crippen LogP contribution < -0.4 is 5.73 Å². The predicted molar refractivity (Wildman–Crippen MR) is 77.5 cm³/mol. The maximum absolute atomic E-state index is 11.0. The van der Waals surface area contributed by atoms with Gasteiger partial charge in [0.1, 0.15) is 0 Å². The summed E-state index contributed by atoms with van der Waals surface area (Å²) in [7, 11) is 0. The summed E-state index contributed by atoms with van der Waals surface area (Å²) in [6.07, 6.45) is 0. The number of benzene rings is 1. The Morgan fingerprint density at radius 1 is 1.38 bits per heavy atom. The summed E-state index contributed by atoms with van der Waals surface area (Å²) in [5, 5.41) is 14.8. The normalized spacial score (nSPS) is 13.2. The van der Waals surface area contributed by atoms with Crippen molar-refractivity contribution in [3.8, 4) is 11.5 Å². The average Bonchev–Trinajstić information content (AvgIpc) is 2.86. The molecule has 7 nitrogen and oxygen atoms in total. The minimum absolute atomic E-state index is 0.0207. The Morgan fingerprint density at radius 2 is 2.05 bits per heavy atom. The van der Waals surface area contributed by atoms with Crippen molar-refractivity contribution >= 4 is 5.69 Å². The quantitative estimate of drug-likeness (QED) is 0.687. The molecule has 2 aromatic rings. The second-order valence-electron chi connectivity index (χ2n) is 6.06. The zero-order valence-electron chi connectivity index (χ0n) is 12.5. The molecule has 0 fully saturated rings. The van der Waals surface area contributed by atoms with Gasteiger partial charge in [0.25, 0.3) is 11.6 Å². The molecule has 0 amide bonds. The highest BCUT2D eigenvalue weighted by Gasteiger charge is 2.27. The maximum atomic E-state index is 11.0. The lowest BCUT2D eigenvalue weighted by Gasteiger charge is -2.23. The summed E-state index contributed by atoms with van der Waals surface area (Å²) in [5.41, 5.74) is 6.97. The van der Waals surface area contributed by atoms with Crippen LogP contribution in [0.15, 0.2) is 22.7 Å². The summed E-state index contributed by atoms with van der Waals surface area (Å²) in [5.74, 6) is 0.619. The Hall–Kier alpha value is -2.28. The number of nitrogens with zero attached hydrogens (tertiary/aromatic N) is 3. The highest BCUT2D eigenvalue weighted by molar-refractivity contribution is 5.59. The van der Waals surface area contributed by atoms with Crippen molar-refractivity contribution in [1.29, 1.82) is 0 Å². The minimum Gasteiger partial charge on any atom is -0.334 e. The van der Waals surface area contributed by atoms with Crippen molar-refractivity contribution in [2.45, 2.75) is 33.7 Å². The van der Waals surface area contributed by atoms with Gasteiger partial charge < -0.3 is 10.3 Å². The molecule has 0 radical (unpaired) electrons. The van der Waals surface area contributed by atoms with Crippen LogP contribution in [0.5, 0.6) is 0 Å². The Kier molecular flexibility index (Phi) is 3.78. The largest absolute Gasteiger partial charge is 0.334 e. The van der Waals surface area contributed by atoms with Crippen molar-refractivity contribution < 1.29 is 9.45 Å². The monoisotopic (exact) mass is 290 g/mol. The SMILES string of the molecule is Cc1ccc(-c2nc(C(N)C(C)(C)C)no2)cc1[N+](=O)[O-]. The van der Waals surface area contributed by atoms with E-state index in [9.17, 15) is 10.1 Å². The molecule has 0 aliphatic rings. The molecule has 0 aliphatic carbocycles. The highest BCUT2D eigenvalue weighted by atomic mass is 16.6. The van der Waals surface area contributed by atoms with Gasteiger partial charge in [0, 0.05) is 17.2 Å². The van der Waals surface area contributed by atoms with Gasteiger partial charge in [-0.2, -0.15) is 4.98 Å². The number of nitro groups is 1.